The maximum absolute atomic E-state index is 12.2. The van der Waals surface area contributed by atoms with Gasteiger partial charge in [0.15, 0.2) is 4.34 Å². The minimum atomic E-state index is -0.0331. The number of rotatable bonds is 7. The first-order chi connectivity index (χ1) is 12.6. The molecule has 140 valence electrons. The van der Waals surface area contributed by atoms with Crippen LogP contribution >= 0.6 is 23.1 Å². The number of aromatic nitrogens is 2. The maximum atomic E-state index is 12.2. The molecule has 1 amide bonds. The van der Waals surface area contributed by atoms with Crippen molar-refractivity contribution in [2.75, 3.05) is 34.4 Å². The lowest BCUT2D eigenvalue weighted by Crippen LogP contribution is -2.29. The molecular formula is C18H25N5OS2. The van der Waals surface area contributed by atoms with Crippen LogP contribution in [-0.2, 0) is 4.79 Å². The molecule has 0 atom stereocenters. The number of nitrogens with zero attached hydrogens (tertiary/aromatic N) is 3. The molecule has 0 aliphatic carbocycles. The Morgan fingerprint density at radius 3 is 2.62 bits per heavy atom. The van der Waals surface area contributed by atoms with Crippen LogP contribution in [0.3, 0.4) is 0 Å². The third-order valence-electron chi connectivity index (χ3n) is 4.02. The van der Waals surface area contributed by atoms with Crippen LogP contribution in [0.15, 0.2) is 28.6 Å². The van der Waals surface area contributed by atoms with E-state index in [0.717, 1.165) is 28.2 Å². The van der Waals surface area contributed by atoms with Crippen LogP contribution in [0.1, 0.15) is 33.1 Å². The Morgan fingerprint density at radius 2 is 1.92 bits per heavy atom. The Bertz CT molecular complexity index is 711. The first-order valence-electron chi connectivity index (χ1n) is 8.98. The molecule has 1 saturated heterocycles. The van der Waals surface area contributed by atoms with Crippen LogP contribution in [0.5, 0.6) is 0 Å². The Labute approximate surface area is 162 Å². The van der Waals surface area contributed by atoms with Gasteiger partial charge in [-0.1, -0.05) is 23.1 Å². The molecule has 1 aromatic heterocycles. The van der Waals surface area contributed by atoms with Crippen LogP contribution in [0.4, 0.5) is 16.5 Å². The van der Waals surface area contributed by atoms with Crippen molar-refractivity contribution < 1.29 is 4.79 Å². The molecule has 0 spiro atoms. The molecule has 0 bridgehead atoms. The average Bonchev–Trinajstić information content (AvgIpc) is 3.08. The summed E-state index contributed by atoms with van der Waals surface area (Å²) in [6, 6.07) is 8.44. The lowest BCUT2D eigenvalue weighted by molar-refractivity contribution is -0.113. The van der Waals surface area contributed by atoms with Gasteiger partial charge in [-0.05, 0) is 57.4 Å². The number of nitrogens with one attached hydrogen (secondary N) is 2. The molecule has 1 aliphatic rings. The van der Waals surface area contributed by atoms with E-state index in [9.17, 15) is 4.79 Å². The molecule has 1 aliphatic heterocycles. The molecule has 1 fully saturated rings. The standard InChI is InChI=1S/C18H25N5OS2/c1-13(2)19-17-21-22-18(26-17)25-12-16(24)20-14-6-8-15(9-7-14)23-10-4-3-5-11-23/h6-9,13H,3-5,10-12H2,1-2H3,(H,19,21)(H,20,24). The van der Waals surface area contributed by atoms with Crippen LogP contribution in [0.2, 0.25) is 0 Å². The molecule has 0 saturated carbocycles. The van der Waals surface area contributed by atoms with E-state index in [1.165, 1.54) is 48.0 Å². The summed E-state index contributed by atoms with van der Waals surface area (Å²) in [7, 11) is 0. The van der Waals surface area contributed by atoms with Crippen molar-refractivity contribution in [3.05, 3.63) is 24.3 Å². The number of amides is 1. The lowest BCUT2D eigenvalue weighted by Gasteiger charge is -2.28. The topological polar surface area (TPSA) is 70.1 Å². The Hall–Kier alpha value is -1.80. The van der Waals surface area contributed by atoms with Crippen molar-refractivity contribution in [3.8, 4) is 0 Å². The fourth-order valence-corrected chi connectivity index (χ4v) is 4.50. The van der Waals surface area contributed by atoms with Crippen molar-refractivity contribution in [2.24, 2.45) is 0 Å². The lowest BCUT2D eigenvalue weighted by atomic mass is 10.1. The number of hydrogen-bond donors (Lipinski definition) is 2. The number of piperidine rings is 1. The summed E-state index contributed by atoms with van der Waals surface area (Å²) in [6.07, 6.45) is 3.84. The fraction of sp³-hybridized carbons (Fsp3) is 0.500. The van der Waals surface area contributed by atoms with E-state index < -0.39 is 0 Å². The van der Waals surface area contributed by atoms with Gasteiger partial charge in [0.25, 0.3) is 0 Å². The van der Waals surface area contributed by atoms with E-state index >= 15 is 0 Å². The van der Waals surface area contributed by atoms with Gasteiger partial charge in [0, 0.05) is 30.5 Å². The maximum Gasteiger partial charge on any atom is 0.234 e. The molecule has 1 aromatic carbocycles. The Morgan fingerprint density at radius 1 is 1.19 bits per heavy atom. The Balaban J connectivity index is 1.46. The molecule has 2 aromatic rings. The number of hydrogen-bond acceptors (Lipinski definition) is 7. The van der Waals surface area contributed by atoms with Crippen LogP contribution in [0, 0.1) is 0 Å². The minimum Gasteiger partial charge on any atom is -0.372 e. The summed E-state index contributed by atoms with van der Waals surface area (Å²) >= 11 is 2.88. The molecule has 8 heteroatoms. The van der Waals surface area contributed by atoms with Gasteiger partial charge in [-0.25, -0.2) is 0 Å². The van der Waals surface area contributed by atoms with Gasteiger partial charge < -0.3 is 15.5 Å². The highest BCUT2D eigenvalue weighted by atomic mass is 32.2. The Kier molecular flexibility index (Phi) is 6.73. The van der Waals surface area contributed by atoms with Crippen LogP contribution in [0.25, 0.3) is 0 Å². The molecule has 2 N–H and O–H groups in total. The van der Waals surface area contributed by atoms with Gasteiger partial charge in [-0.3, -0.25) is 4.79 Å². The summed E-state index contributed by atoms with van der Waals surface area (Å²) in [5, 5.41) is 15.1. The SMILES string of the molecule is CC(C)Nc1nnc(SCC(=O)Nc2ccc(N3CCCCC3)cc2)s1. The van der Waals surface area contributed by atoms with E-state index in [-0.39, 0.29) is 5.91 Å². The van der Waals surface area contributed by atoms with E-state index in [0.29, 0.717) is 11.8 Å². The first-order valence-corrected chi connectivity index (χ1v) is 10.8. The number of carbonyl (C=O) groups is 1. The first kappa shape index (κ1) is 19.0. The highest BCUT2D eigenvalue weighted by Gasteiger charge is 2.12. The fourth-order valence-electron chi connectivity index (χ4n) is 2.81. The molecule has 6 nitrogen and oxygen atoms in total. The highest BCUT2D eigenvalue weighted by molar-refractivity contribution is 8.01. The molecule has 3 rings (SSSR count). The summed E-state index contributed by atoms with van der Waals surface area (Å²) in [5.41, 5.74) is 2.06. The predicted molar refractivity (Wildman–Crippen MR) is 111 cm³/mol. The van der Waals surface area contributed by atoms with Crippen LogP contribution in [-0.4, -0.2) is 41.0 Å². The van der Waals surface area contributed by atoms with Crippen molar-refractivity contribution in [1.29, 1.82) is 0 Å². The monoisotopic (exact) mass is 391 g/mol. The third kappa shape index (κ3) is 5.60. The molecular weight excluding hydrogens is 366 g/mol. The zero-order valence-electron chi connectivity index (χ0n) is 15.2. The smallest absolute Gasteiger partial charge is 0.234 e. The molecule has 2 heterocycles. The number of carbonyl (C=O) groups excluding carboxylic acids is 1. The zero-order chi connectivity index (χ0) is 18.4. The van der Waals surface area contributed by atoms with Crippen molar-refractivity contribution >= 4 is 45.5 Å². The molecule has 0 unspecified atom stereocenters. The second-order valence-electron chi connectivity index (χ2n) is 6.60. The van der Waals surface area contributed by atoms with Gasteiger partial charge in [0.05, 0.1) is 5.75 Å². The van der Waals surface area contributed by atoms with Gasteiger partial charge in [0.2, 0.25) is 11.0 Å². The normalized spacial score (nSPS) is 14.5. The zero-order valence-corrected chi connectivity index (χ0v) is 16.8. The van der Waals surface area contributed by atoms with Crippen LogP contribution < -0.4 is 15.5 Å². The quantitative estimate of drug-likeness (QED) is 0.693. The number of benzene rings is 1. The van der Waals surface area contributed by atoms with Gasteiger partial charge in [-0.2, -0.15) is 0 Å². The van der Waals surface area contributed by atoms with Crippen molar-refractivity contribution in [2.45, 2.75) is 43.5 Å². The van der Waals surface area contributed by atoms with Gasteiger partial charge in [-0.15, -0.1) is 10.2 Å². The van der Waals surface area contributed by atoms with E-state index in [1.54, 1.807) is 0 Å². The summed E-state index contributed by atoms with van der Waals surface area (Å²) < 4.78 is 0.795. The largest absolute Gasteiger partial charge is 0.372 e. The summed E-state index contributed by atoms with van der Waals surface area (Å²) in [6.45, 7) is 6.35. The summed E-state index contributed by atoms with van der Waals surface area (Å²) in [4.78, 5) is 14.6. The predicted octanol–water partition coefficient (Wildman–Crippen LogP) is 4.08. The van der Waals surface area contributed by atoms with Crippen molar-refractivity contribution in [3.63, 3.8) is 0 Å². The minimum absolute atomic E-state index is 0.0331. The van der Waals surface area contributed by atoms with E-state index in [4.69, 9.17) is 0 Å². The number of anilines is 3. The average molecular weight is 392 g/mol. The second kappa shape index (κ2) is 9.23. The number of thioether (sulfide) groups is 1. The van der Waals surface area contributed by atoms with Gasteiger partial charge in [0.1, 0.15) is 0 Å². The second-order valence-corrected chi connectivity index (χ2v) is 8.80. The summed E-state index contributed by atoms with van der Waals surface area (Å²) in [5.74, 6) is 0.291. The highest BCUT2D eigenvalue weighted by Crippen LogP contribution is 2.26. The van der Waals surface area contributed by atoms with E-state index in [2.05, 4.69) is 51.7 Å². The van der Waals surface area contributed by atoms with E-state index in [1.807, 2.05) is 12.1 Å². The van der Waals surface area contributed by atoms with Gasteiger partial charge >= 0.3 is 0 Å². The third-order valence-corrected chi connectivity index (χ3v) is 6.01. The molecule has 0 radical (unpaired) electrons. The molecule has 26 heavy (non-hydrogen) atoms. The van der Waals surface area contributed by atoms with Crippen molar-refractivity contribution in [1.82, 2.24) is 10.2 Å².